The Hall–Kier alpha value is -0.770. The third-order valence-electron chi connectivity index (χ3n) is 3.77. The van der Waals surface area contributed by atoms with Crippen LogP contribution in [-0.2, 0) is 17.8 Å². The van der Waals surface area contributed by atoms with Gasteiger partial charge in [0.2, 0.25) is 0 Å². The van der Waals surface area contributed by atoms with Crippen molar-refractivity contribution in [1.82, 2.24) is 5.32 Å². The summed E-state index contributed by atoms with van der Waals surface area (Å²) in [6.45, 7) is 3.19. The molecule has 1 aromatic carbocycles. The monoisotopic (exact) mass is 267 g/mol. The van der Waals surface area contributed by atoms with Crippen LogP contribution in [0.1, 0.15) is 24.0 Å². The Morgan fingerprint density at radius 2 is 2.33 bits per heavy atom. The third kappa shape index (κ3) is 2.48. The lowest BCUT2D eigenvalue weighted by Gasteiger charge is -2.26. The Morgan fingerprint density at radius 3 is 3.17 bits per heavy atom. The SMILES string of the molecule is Clc1ccc2c(c1CC1CCCNC1)COCO2. The fraction of sp³-hybridized carbons (Fsp3) is 0.571. The zero-order valence-corrected chi connectivity index (χ0v) is 11.1. The number of ether oxygens (including phenoxy) is 2. The van der Waals surface area contributed by atoms with Crippen LogP contribution in [0.25, 0.3) is 0 Å². The summed E-state index contributed by atoms with van der Waals surface area (Å²) in [5.74, 6) is 1.61. The molecule has 1 unspecified atom stereocenters. The molecule has 3 nitrogen and oxygen atoms in total. The topological polar surface area (TPSA) is 30.5 Å². The maximum absolute atomic E-state index is 6.35. The second-order valence-electron chi connectivity index (χ2n) is 5.03. The Balaban J connectivity index is 1.85. The summed E-state index contributed by atoms with van der Waals surface area (Å²) in [4.78, 5) is 0. The van der Waals surface area contributed by atoms with Gasteiger partial charge in [-0.15, -0.1) is 0 Å². The molecule has 2 aliphatic heterocycles. The molecule has 0 amide bonds. The summed E-state index contributed by atoms with van der Waals surface area (Å²) < 4.78 is 10.9. The van der Waals surface area contributed by atoms with Crippen LogP contribution in [0.4, 0.5) is 0 Å². The van der Waals surface area contributed by atoms with Gasteiger partial charge >= 0.3 is 0 Å². The lowest BCUT2D eigenvalue weighted by molar-refractivity contribution is -0.0169. The summed E-state index contributed by atoms with van der Waals surface area (Å²) >= 11 is 6.35. The van der Waals surface area contributed by atoms with Gasteiger partial charge in [0, 0.05) is 10.6 Å². The van der Waals surface area contributed by atoms with Crippen molar-refractivity contribution in [3.63, 3.8) is 0 Å². The number of hydrogen-bond acceptors (Lipinski definition) is 3. The molecule has 98 valence electrons. The van der Waals surface area contributed by atoms with Crippen molar-refractivity contribution in [3.05, 3.63) is 28.3 Å². The van der Waals surface area contributed by atoms with Gasteiger partial charge in [-0.2, -0.15) is 0 Å². The van der Waals surface area contributed by atoms with Gasteiger partial charge in [0.05, 0.1) is 6.61 Å². The van der Waals surface area contributed by atoms with Crippen LogP contribution in [0.15, 0.2) is 12.1 Å². The van der Waals surface area contributed by atoms with Crippen LogP contribution in [0.2, 0.25) is 5.02 Å². The van der Waals surface area contributed by atoms with Crippen molar-refractivity contribution in [1.29, 1.82) is 0 Å². The Labute approximate surface area is 112 Å². The molecule has 0 aliphatic carbocycles. The highest BCUT2D eigenvalue weighted by molar-refractivity contribution is 6.31. The predicted molar refractivity (Wildman–Crippen MR) is 71.0 cm³/mol. The largest absolute Gasteiger partial charge is 0.467 e. The predicted octanol–water partition coefficient (Wildman–Crippen LogP) is 2.75. The van der Waals surface area contributed by atoms with E-state index in [2.05, 4.69) is 5.32 Å². The number of halogens is 1. The van der Waals surface area contributed by atoms with Crippen molar-refractivity contribution in [3.8, 4) is 5.75 Å². The van der Waals surface area contributed by atoms with E-state index in [0.29, 0.717) is 19.3 Å². The van der Waals surface area contributed by atoms with Gasteiger partial charge in [-0.3, -0.25) is 0 Å². The standard InChI is InChI=1S/C14H18ClNO2/c15-13-3-4-14-12(8-17-9-18-14)11(13)6-10-2-1-5-16-7-10/h3-4,10,16H,1-2,5-9H2. The van der Waals surface area contributed by atoms with Crippen LogP contribution in [0.3, 0.4) is 0 Å². The van der Waals surface area contributed by atoms with E-state index in [0.717, 1.165) is 35.8 Å². The van der Waals surface area contributed by atoms with Crippen molar-refractivity contribution in [2.75, 3.05) is 19.9 Å². The summed E-state index contributed by atoms with van der Waals surface area (Å²) in [5, 5.41) is 4.29. The molecule has 3 rings (SSSR count). The van der Waals surface area contributed by atoms with Crippen LogP contribution in [0.5, 0.6) is 5.75 Å². The Morgan fingerprint density at radius 1 is 1.39 bits per heavy atom. The number of benzene rings is 1. The van der Waals surface area contributed by atoms with Crippen LogP contribution in [-0.4, -0.2) is 19.9 Å². The second-order valence-corrected chi connectivity index (χ2v) is 5.44. The summed E-state index contributed by atoms with van der Waals surface area (Å²) in [5.41, 5.74) is 2.35. The third-order valence-corrected chi connectivity index (χ3v) is 4.12. The molecular formula is C14H18ClNO2. The highest BCUT2D eigenvalue weighted by Gasteiger charge is 2.21. The number of hydrogen-bond donors (Lipinski definition) is 1. The molecule has 0 radical (unpaired) electrons. The lowest BCUT2D eigenvalue weighted by atomic mass is 9.90. The molecule has 1 fully saturated rings. The molecule has 0 saturated carbocycles. The molecule has 0 aromatic heterocycles. The minimum absolute atomic E-state index is 0.346. The van der Waals surface area contributed by atoms with Gasteiger partial charge in [-0.1, -0.05) is 11.6 Å². The number of fused-ring (bicyclic) bond motifs is 1. The van der Waals surface area contributed by atoms with Gasteiger partial charge in [0.15, 0.2) is 6.79 Å². The van der Waals surface area contributed by atoms with E-state index in [1.54, 1.807) is 0 Å². The van der Waals surface area contributed by atoms with Crippen LogP contribution >= 0.6 is 11.6 Å². The first-order valence-electron chi connectivity index (χ1n) is 6.56. The maximum Gasteiger partial charge on any atom is 0.189 e. The Kier molecular flexibility index (Phi) is 3.73. The molecule has 1 saturated heterocycles. The molecule has 4 heteroatoms. The van der Waals surface area contributed by atoms with E-state index >= 15 is 0 Å². The first-order chi connectivity index (χ1) is 8.84. The van der Waals surface area contributed by atoms with Gasteiger partial charge < -0.3 is 14.8 Å². The first kappa shape index (κ1) is 12.3. The summed E-state index contributed by atoms with van der Waals surface area (Å²) in [7, 11) is 0. The smallest absolute Gasteiger partial charge is 0.189 e. The summed E-state index contributed by atoms with van der Waals surface area (Å²) in [6.07, 6.45) is 3.54. The zero-order chi connectivity index (χ0) is 12.4. The fourth-order valence-corrected chi connectivity index (χ4v) is 3.05. The van der Waals surface area contributed by atoms with Gasteiger partial charge in [-0.05, 0) is 56.0 Å². The first-order valence-corrected chi connectivity index (χ1v) is 6.94. The number of nitrogens with one attached hydrogen (secondary N) is 1. The molecule has 1 aromatic rings. The fourth-order valence-electron chi connectivity index (χ4n) is 2.79. The van der Waals surface area contributed by atoms with E-state index in [4.69, 9.17) is 21.1 Å². The van der Waals surface area contributed by atoms with Crippen LogP contribution in [0, 0.1) is 5.92 Å². The number of piperidine rings is 1. The highest BCUT2D eigenvalue weighted by atomic mass is 35.5. The minimum Gasteiger partial charge on any atom is -0.467 e. The van der Waals surface area contributed by atoms with Gasteiger partial charge in [0.1, 0.15) is 5.75 Å². The average molecular weight is 268 g/mol. The summed E-state index contributed by atoms with van der Waals surface area (Å²) in [6, 6.07) is 3.89. The zero-order valence-electron chi connectivity index (χ0n) is 10.4. The molecule has 18 heavy (non-hydrogen) atoms. The lowest BCUT2D eigenvalue weighted by Crippen LogP contribution is -2.31. The molecular weight excluding hydrogens is 250 g/mol. The average Bonchev–Trinajstić information content (AvgIpc) is 2.43. The molecule has 2 aliphatic rings. The quantitative estimate of drug-likeness (QED) is 0.894. The van der Waals surface area contributed by atoms with E-state index < -0.39 is 0 Å². The maximum atomic E-state index is 6.35. The van der Waals surface area contributed by atoms with Crippen molar-refractivity contribution < 1.29 is 9.47 Å². The Bertz CT molecular complexity index is 430. The molecule has 0 spiro atoms. The molecule has 1 N–H and O–H groups in total. The van der Waals surface area contributed by atoms with Crippen molar-refractivity contribution in [2.24, 2.45) is 5.92 Å². The molecule has 1 atom stereocenters. The van der Waals surface area contributed by atoms with Gasteiger partial charge in [0.25, 0.3) is 0 Å². The van der Waals surface area contributed by atoms with E-state index in [1.807, 2.05) is 12.1 Å². The number of rotatable bonds is 2. The highest BCUT2D eigenvalue weighted by Crippen LogP contribution is 2.34. The second kappa shape index (κ2) is 5.47. The van der Waals surface area contributed by atoms with Crippen molar-refractivity contribution in [2.45, 2.75) is 25.9 Å². The van der Waals surface area contributed by atoms with Gasteiger partial charge in [-0.25, -0.2) is 0 Å². The van der Waals surface area contributed by atoms with E-state index in [1.165, 1.54) is 18.4 Å². The normalized spacial score (nSPS) is 23.3. The van der Waals surface area contributed by atoms with E-state index in [-0.39, 0.29) is 0 Å². The molecule has 0 bridgehead atoms. The van der Waals surface area contributed by atoms with E-state index in [9.17, 15) is 0 Å². The molecule has 2 heterocycles. The van der Waals surface area contributed by atoms with Crippen LogP contribution < -0.4 is 10.1 Å². The minimum atomic E-state index is 0.346. The van der Waals surface area contributed by atoms with Crippen molar-refractivity contribution >= 4 is 11.6 Å².